The quantitative estimate of drug-likeness (QED) is 0.633. The molecular weight excluding hydrogens is 264 g/mol. The second-order valence-corrected chi connectivity index (χ2v) is 6.20. The lowest BCUT2D eigenvalue weighted by Crippen LogP contribution is -2.35. The molecular formula is C18H30O3. The lowest BCUT2D eigenvalue weighted by molar-refractivity contribution is -0.0993. The molecule has 3 heteroatoms. The summed E-state index contributed by atoms with van der Waals surface area (Å²) in [6.07, 6.45) is 14.2. The molecule has 0 aromatic carbocycles. The minimum atomic E-state index is 0.346. The number of hydrogen-bond donors (Lipinski definition) is 0. The Morgan fingerprint density at radius 1 is 0.714 bits per heavy atom. The molecule has 21 heavy (non-hydrogen) atoms. The predicted octanol–water partition coefficient (Wildman–Crippen LogP) is 4.03. The molecule has 2 saturated carbocycles. The fourth-order valence-electron chi connectivity index (χ4n) is 3.43. The van der Waals surface area contributed by atoms with E-state index in [1.165, 1.54) is 25.7 Å². The van der Waals surface area contributed by atoms with Gasteiger partial charge in [-0.1, -0.05) is 12.2 Å². The van der Waals surface area contributed by atoms with E-state index >= 15 is 0 Å². The number of rotatable bonds is 8. The van der Waals surface area contributed by atoms with Crippen LogP contribution in [0.3, 0.4) is 0 Å². The maximum absolute atomic E-state index is 6.34. The summed E-state index contributed by atoms with van der Waals surface area (Å²) in [5, 5.41) is 0. The highest BCUT2D eigenvalue weighted by atomic mass is 16.5. The van der Waals surface area contributed by atoms with Gasteiger partial charge in [0.1, 0.15) is 0 Å². The van der Waals surface area contributed by atoms with Crippen LogP contribution < -0.4 is 0 Å². The summed E-state index contributed by atoms with van der Waals surface area (Å²) in [5.74, 6) is 0. The Hall–Kier alpha value is -0.640. The molecule has 2 aliphatic rings. The Morgan fingerprint density at radius 3 is 1.57 bits per heavy atom. The Kier molecular flexibility index (Phi) is 7.48. The SMILES string of the molecule is C=CCOC1CCCC(OC2CCCC(OCC=C)C2)C1. The standard InChI is InChI=1S/C18H30O3/c1-3-11-19-15-7-5-9-17(13-15)21-18-10-6-8-16(14-18)20-12-4-2/h3-4,15-18H,1-2,5-14H2. The molecule has 0 amide bonds. The van der Waals surface area contributed by atoms with E-state index in [0.717, 1.165) is 25.7 Å². The largest absolute Gasteiger partial charge is 0.375 e. The zero-order chi connectivity index (χ0) is 14.9. The first-order valence-electron chi connectivity index (χ1n) is 8.42. The van der Waals surface area contributed by atoms with Crippen LogP contribution in [0.4, 0.5) is 0 Å². The average molecular weight is 294 g/mol. The van der Waals surface area contributed by atoms with Crippen LogP contribution in [0.25, 0.3) is 0 Å². The third-order valence-electron chi connectivity index (χ3n) is 4.44. The van der Waals surface area contributed by atoms with E-state index in [-0.39, 0.29) is 0 Å². The van der Waals surface area contributed by atoms with Crippen molar-refractivity contribution in [2.45, 2.75) is 75.8 Å². The van der Waals surface area contributed by atoms with Crippen molar-refractivity contribution in [3.05, 3.63) is 25.3 Å². The molecule has 0 N–H and O–H groups in total. The second-order valence-electron chi connectivity index (χ2n) is 6.20. The van der Waals surface area contributed by atoms with Crippen molar-refractivity contribution in [2.75, 3.05) is 13.2 Å². The third-order valence-corrected chi connectivity index (χ3v) is 4.44. The molecule has 2 fully saturated rings. The fraction of sp³-hybridized carbons (Fsp3) is 0.778. The van der Waals surface area contributed by atoms with Gasteiger partial charge in [0.25, 0.3) is 0 Å². The predicted molar refractivity (Wildman–Crippen MR) is 85.5 cm³/mol. The smallest absolute Gasteiger partial charge is 0.0648 e. The molecule has 2 aliphatic carbocycles. The van der Waals surface area contributed by atoms with Crippen LogP contribution in [0, 0.1) is 0 Å². The van der Waals surface area contributed by atoms with E-state index in [0.29, 0.717) is 37.6 Å². The Bertz CT molecular complexity index is 286. The van der Waals surface area contributed by atoms with E-state index < -0.39 is 0 Å². The molecule has 0 aromatic heterocycles. The van der Waals surface area contributed by atoms with Crippen molar-refractivity contribution >= 4 is 0 Å². The van der Waals surface area contributed by atoms with Gasteiger partial charge in [-0.15, -0.1) is 13.2 Å². The number of ether oxygens (including phenoxy) is 3. The lowest BCUT2D eigenvalue weighted by atomic mass is 9.92. The van der Waals surface area contributed by atoms with Crippen LogP contribution in [-0.2, 0) is 14.2 Å². The molecule has 4 unspecified atom stereocenters. The van der Waals surface area contributed by atoms with Gasteiger partial charge in [0.15, 0.2) is 0 Å². The first-order valence-corrected chi connectivity index (χ1v) is 8.42. The molecule has 0 heterocycles. The van der Waals surface area contributed by atoms with Gasteiger partial charge >= 0.3 is 0 Å². The molecule has 4 atom stereocenters. The van der Waals surface area contributed by atoms with Crippen LogP contribution in [-0.4, -0.2) is 37.6 Å². The second kappa shape index (κ2) is 9.39. The normalized spacial score (nSPS) is 33.5. The van der Waals surface area contributed by atoms with Gasteiger partial charge in [-0.25, -0.2) is 0 Å². The summed E-state index contributed by atoms with van der Waals surface area (Å²) in [6, 6.07) is 0. The summed E-state index contributed by atoms with van der Waals surface area (Å²) in [7, 11) is 0. The molecule has 0 aromatic rings. The summed E-state index contributed by atoms with van der Waals surface area (Å²) < 4.78 is 17.9. The van der Waals surface area contributed by atoms with Crippen LogP contribution in [0.5, 0.6) is 0 Å². The average Bonchev–Trinajstić information content (AvgIpc) is 2.52. The summed E-state index contributed by atoms with van der Waals surface area (Å²) >= 11 is 0. The van der Waals surface area contributed by atoms with Gasteiger partial charge in [-0.2, -0.15) is 0 Å². The van der Waals surface area contributed by atoms with Gasteiger partial charge in [0.2, 0.25) is 0 Å². The van der Waals surface area contributed by atoms with Crippen LogP contribution in [0.15, 0.2) is 25.3 Å². The van der Waals surface area contributed by atoms with Gasteiger partial charge in [0.05, 0.1) is 37.6 Å². The van der Waals surface area contributed by atoms with Crippen LogP contribution in [0.2, 0.25) is 0 Å². The summed E-state index contributed by atoms with van der Waals surface area (Å²) in [5.41, 5.74) is 0. The van der Waals surface area contributed by atoms with E-state index in [9.17, 15) is 0 Å². The van der Waals surface area contributed by atoms with Crippen molar-refractivity contribution in [3.8, 4) is 0 Å². The van der Waals surface area contributed by atoms with E-state index in [2.05, 4.69) is 13.2 Å². The Labute approximate surface area is 129 Å². The minimum Gasteiger partial charge on any atom is -0.375 e. The molecule has 3 nitrogen and oxygen atoms in total. The highest BCUT2D eigenvalue weighted by molar-refractivity contribution is 4.80. The van der Waals surface area contributed by atoms with Gasteiger partial charge < -0.3 is 14.2 Å². The minimum absolute atomic E-state index is 0.346. The van der Waals surface area contributed by atoms with Crippen molar-refractivity contribution in [2.24, 2.45) is 0 Å². The maximum atomic E-state index is 6.34. The van der Waals surface area contributed by atoms with Crippen LogP contribution in [0.1, 0.15) is 51.4 Å². The van der Waals surface area contributed by atoms with Crippen molar-refractivity contribution < 1.29 is 14.2 Å². The van der Waals surface area contributed by atoms with Crippen molar-refractivity contribution in [1.29, 1.82) is 0 Å². The van der Waals surface area contributed by atoms with Gasteiger partial charge in [0, 0.05) is 0 Å². The molecule has 0 aliphatic heterocycles. The van der Waals surface area contributed by atoms with Crippen molar-refractivity contribution in [1.82, 2.24) is 0 Å². The first-order chi connectivity index (χ1) is 10.3. The topological polar surface area (TPSA) is 27.7 Å². The monoisotopic (exact) mass is 294 g/mol. The first kappa shape index (κ1) is 16.7. The maximum Gasteiger partial charge on any atom is 0.0648 e. The zero-order valence-electron chi connectivity index (χ0n) is 13.2. The van der Waals surface area contributed by atoms with Gasteiger partial charge in [-0.05, 0) is 51.4 Å². The number of hydrogen-bond acceptors (Lipinski definition) is 3. The van der Waals surface area contributed by atoms with E-state index in [4.69, 9.17) is 14.2 Å². The molecule has 0 spiro atoms. The fourth-order valence-corrected chi connectivity index (χ4v) is 3.43. The van der Waals surface area contributed by atoms with Gasteiger partial charge in [-0.3, -0.25) is 0 Å². The third kappa shape index (κ3) is 5.93. The molecule has 120 valence electrons. The van der Waals surface area contributed by atoms with E-state index in [1.807, 2.05) is 12.2 Å². The van der Waals surface area contributed by atoms with Crippen molar-refractivity contribution in [3.63, 3.8) is 0 Å². The molecule has 0 bridgehead atoms. The summed E-state index contributed by atoms with van der Waals surface area (Å²) in [6.45, 7) is 8.73. The molecule has 2 rings (SSSR count). The summed E-state index contributed by atoms with van der Waals surface area (Å²) in [4.78, 5) is 0. The lowest BCUT2D eigenvalue weighted by Gasteiger charge is -2.35. The van der Waals surface area contributed by atoms with Crippen LogP contribution >= 0.6 is 0 Å². The Morgan fingerprint density at radius 2 is 1.14 bits per heavy atom. The highest BCUT2D eigenvalue weighted by Gasteiger charge is 2.28. The van der Waals surface area contributed by atoms with E-state index in [1.54, 1.807) is 0 Å². The molecule has 0 radical (unpaired) electrons. The zero-order valence-corrected chi connectivity index (χ0v) is 13.2. The highest BCUT2D eigenvalue weighted by Crippen LogP contribution is 2.29. The Balaban J connectivity index is 1.72. The molecule has 0 saturated heterocycles.